The minimum absolute atomic E-state index is 0.147. The summed E-state index contributed by atoms with van der Waals surface area (Å²) in [7, 11) is 2.03. The Hall–Kier alpha value is -3.35. The van der Waals surface area contributed by atoms with Crippen LogP contribution in [0.2, 0.25) is 0 Å². The average molecular weight is 362 g/mol. The summed E-state index contributed by atoms with van der Waals surface area (Å²) in [4.78, 5) is 19.8. The summed E-state index contributed by atoms with van der Waals surface area (Å²) in [6.45, 7) is 4.56. The monoisotopic (exact) mass is 362 g/mol. The van der Waals surface area contributed by atoms with E-state index in [4.69, 9.17) is 5.73 Å². The lowest BCUT2D eigenvalue weighted by Crippen LogP contribution is -2.16. The zero-order valence-corrected chi connectivity index (χ0v) is 15.6. The summed E-state index contributed by atoms with van der Waals surface area (Å²) < 4.78 is 4.27. The Labute approximate surface area is 156 Å². The highest BCUT2D eigenvalue weighted by atomic mass is 16.1. The second kappa shape index (κ2) is 6.42. The maximum atomic E-state index is 11.0. The van der Waals surface area contributed by atoms with Crippen molar-refractivity contribution in [1.82, 2.24) is 24.4 Å². The van der Waals surface area contributed by atoms with E-state index in [9.17, 15) is 4.79 Å². The lowest BCUT2D eigenvalue weighted by atomic mass is 10.1. The molecule has 1 aromatic carbocycles. The van der Waals surface area contributed by atoms with E-state index in [1.807, 2.05) is 19.2 Å². The molecule has 7 nitrogen and oxygen atoms in total. The molecule has 0 bridgehead atoms. The van der Waals surface area contributed by atoms with Crippen LogP contribution >= 0.6 is 0 Å². The summed E-state index contributed by atoms with van der Waals surface area (Å²) in [6, 6.07) is 10.5. The van der Waals surface area contributed by atoms with Gasteiger partial charge in [-0.2, -0.15) is 0 Å². The van der Waals surface area contributed by atoms with Crippen LogP contribution in [0.4, 0.5) is 5.82 Å². The van der Waals surface area contributed by atoms with E-state index in [0.29, 0.717) is 18.8 Å². The fourth-order valence-electron chi connectivity index (χ4n) is 3.88. The van der Waals surface area contributed by atoms with Crippen LogP contribution in [0.15, 0.2) is 36.7 Å². The van der Waals surface area contributed by atoms with Gasteiger partial charge in [-0.1, -0.05) is 18.2 Å². The minimum atomic E-state index is 0.147. The van der Waals surface area contributed by atoms with E-state index >= 15 is 0 Å². The Morgan fingerprint density at radius 1 is 1.26 bits per heavy atom. The van der Waals surface area contributed by atoms with Gasteiger partial charge in [-0.3, -0.25) is 4.79 Å². The molecule has 0 saturated heterocycles. The highest BCUT2D eigenvalue weighted by molar-refractivity contribution is 6.04. The fourth-order valence-corrected chi connectivity index (χ4v) is 3.88. The number of para-hydroxylation sites is 1. The van der Waals surface area contributed by atoms with Gasteiger partial charge in [-0.05, 0) is 26.0 Å². The number of nitrogens with one attached hydrogen (secondary N) is 1. The minimum Gasteiger partial charge on any atom is -0.383 e. The summed E-state index contributed by atoms with van der Waals surface area (Å²) in [5.41, 5.74) is 11.1. The van der Waals surface area contributed by atoms with Crippen LogP contribution < -0.4 is 11.1 Å². The fraction of sp³-hybridized carbons (Fsp3) is 0.250. The smallest absolute Gasteiger partial charge is 0.207 e. The van der Waals surface area contributed by atoms with Crippen molar-refractivity contribution in [3.8, 4) is 11.3 Å². The van der Waals surface area contributed by atoms with E-state index in [-0.39, 0.29) is 6.04 Å². The number of hydrogen-bond acceptors (Lipinski definition) is 4. The maximum absolute atomic E-state index is 11.0. The molecule has 0 saturated carbocycles. The average Bonchev–Trinajstić information content (AvgIpc) is 3.16. The van der Waals surface area contributed by atoms with Gasteiger partial charge in [0.25, 0.3) is 0 Å². The number of aromatic nitrogens is 4. The largest absolute Gasteiger partial charge is 0.383 e. The van der Waals surface area contributed by atoms with E-state index < -0.39 is 0 Å². The molecule has 1 amide bonds. The molecule has 3 N–H and O–H groups in total. The molecular formula is C20H22N6O. The first kappa shape index (κ1) is 17.1. The SMILES string of the molecule is CC(C)n1c(CNC=O)c(-c2cc3ccccc3n2C)c2c(N)ncnc21. The number of hydrogen-bond donors (Lipinski definition) is 2. The van der Waals surface area contributed by atoms with Crippen LogP contribution in [0, 0.1) is 0 Å². The highest BCUT2D eigenvalue weighted by Gasteiger charge is 2.25. The first-order valence-electron chi connectivity index (χ1n) is 8.89. The molecule has 0 fully saturated rings. The molecule has 0 atom stereocenters. The van der Waals surface area contributed by atoms with E-state index in [1.165, 1.54) is 6.33 Å². The number of nitrogens with two attached hydrogens (primary N) is 1. The van der Waals surface area contributed by atoms with E-state index in [2.05, 4.69) is 56.5 Å². The maximum Gasteiger partial charge on any atom is 0.207 e. The number of aryl methyl sites for hydroxylation is 1. The Kier molecular flexibility index (Phi) is 4.07. The molecule has 7 heteroatoms. The lowest BCUT2D eigenvalue weighted by Gasteiger charge is -2.15. The normalized spacial score (nSPS) is 11.6. The standard InChI is InChI=1S/C20H22N6O/c1-12(2)26-16(9-22-11-27)17(18-19(21)23-10-24-20(18)26)15-8-13-6-4-5-7-14(13)25(15)3/h4-8,10-12H,9H2,1-3H3,(H,22,27)(H2,21,23,24). The van der Waals surface area contributed by atoms with Gasteiger partial charge in [0.15, 0.2) is 0 Å². The van der Waals surface area contributed by atoms with Gasteiger partial charge in [0.2, 0.25) is 6.41 Å². The van der Waals surface area contributed by atoms with Crippen LogP contribution in [-0.4, -0.2) is 25.5 Å². The topological polar surface area (TPSA) is 90.8 Å². The van der Waals surface area contributed by atoms with E-state index in [0.717, 1.165) is 38.9 Å². The lowest BCUT2D eigenvalue weighted by molar-refractivity contribution is -0.109. The Balaban J connectivity index is 2.14. The molecular weight excluding hydrogens is 340 g/mol. The van der Waals surface area contributed by atoms with Crippen LogP contribution in [0.1, 0.15) is 25.6 Å². The van der Waals surface area contributed by atoms with Crippen molar-refractivity contribution >= 4 is 34.2 Å². The first-order valence-corrected chi connectivity index (χ1v) is 8.89. The van der Waals surface area contributed by atoms with Gasteiger partial charge in [-0.15, -0.1) is 0 Å². The van der Waals surface area contributed by atoms with Gasteiger partial charge in [0, 0.05) is 35.2 Å². The number of anilines is 1. The van der Waals surface area contributed by atoms with E-state index in [1.54, 1.807) is 0 Å². The van der Waals surface area contributed by atoms with Crippen molar-refractivity contribution in [3.63, 3.8) is 0 Å². The Morgan fingerprint density at radius 3 is 2.74 bits per heavy atom. The number of rotatable bonds is 5. The molecule has 0 aliphatic heterocycles. The number of amides is 1. The molecule has 138 valence electrons. The molecule has 0 radical (unpaired) electrons. The van der Waals surface area contributed by atoms with Crippen molar-refractivity contribution in [1.29, 1.82) is 0 Å². The zero-order chi connectivity index (χ0) is 19.1. The summed E-state index contributed by atoms with van der Waals surface area (Å²) >= 11 is 0. The van der Waals surface area contributed by atoms with Crippen molar-refractivity contribution in [2.75, 3.05) is 5.73 Å². The van der Waals surface area contributed by atoms with Gasteiger partial charge in [0.05, 0.1) is 17.6 Å². The number of nitrogens with zero attached hydrogens (tertiary/aromatic N) is 4. The van der Waals surface area contributed by atoms with Gasteiger partial charge in [-0.25, -0.2) is 9.97 Å². The second-order valence-electron chi connectivity index (χ2n) is 6.89. The molecule has 4 aromatic rings. The van der Waals surface area contributed by atoms with Crippen LogP contribution in [0.25, 0.3) is 33.2 Å². The molecule has 4 rings (SSSR count). The van der Waals surface area contributed by atoms with Crippen LogP contribution in [0.5, 0.6) is 0 Å². The number of nitrogen functional groups attached to an aromatic ring is 1. The molecule has 0 aliphatic carbocycles. The third kappa shape index (κ3) is 2.54. The quantitative estimate of drug-likeness (QED) is 0.534. The Morgan fingerprint density at radius 2 is 2.04 bits per heavy atom. The number of fused-ring (bicyclic) bond motifs is 2. The number of benzene rings is 1. The van der Waals surface area contributed by atoms with Crippen LogP contribution in [-0.2, 0) is 18.4 Å². The highest BCUT2D eigenvalue weighted by Crippen LogP contribution is 2.40. The number of carbonyl (C=O) groups excluding carboxylic acids is 1. The molecule has 0 aliphatic rings. The van der Waals surface area contributed by atoms with Crippen molar-refractivity contribution in [2.24, 2.45) is 7.05 Å². The summed E-state index contributed by atoms with van der Waals surface area (Å²) in [5.74, 6) is 0.437. The predicted molar refractivity (Wildman–Crippen MR) is 107 cm³/mol. The molecule has 0 unspecified atom stereocenters. The third-order valence-electron chi connectivity index (χ3n) is 4.99. The van der Waals surface area contributed by atoms with Crippen molar-refractivity contribution in [3.05, 3.63) is 42.4 Å². The predicted octanol–water partition coefficient (Wildman–Crippen LogP) is 3.00. The molecule has 0 spiro atoms. The molecule has 27 heavy (non-hydrogen) atoms. The number of carbonyl (C=O) groups is 1. The van der Waals surface area contributed by atoms with Crippen molar-refractivity contribution < 1.29 is 4.79 Å². The van der Waals surface area contributed by atoms with Gasteiger partial charge < -0.3 is 20.2 Å². The van der Waals surface area contributed by atoms with Crippen LogP contribution in [0.3, 0.4) is 0 Å². The summed E-state index contributed by atoms with van der Waals surface area (Å²) in [6.07, 6.45) is 2.20. The van der Waals surface area contributed by atoms with Gasteiger partial charge >= 0.3 is 0 Å². The zero-order valence-electron chi connectivity index (χ0n) is 15.6. The van der Waals surface area contributed by atoms with Crippen molar-refractivity contribution in [2.45, 2.75) is 26.4 Å². The molecule has 3 heterocycles. The first-order chi connectivity index (χ1) is 13.0. The second-order valence-corrected chi connectivity index (χ2v) is 6.89. The van der Waals surface area contributed by atoms with Gasteiger partial charge in [0.1, 0.15) is 17.8 Å². The third-order valence-corrected chi connectivity index (χ3v) is 4.99. The Bertz CT molecular complexity index is 1150. The summed E-state index contributed by atoms with van der Waals surface area (Å²) in [5, 5.41) is 4.77. The molecule has 3 aromatic heterocycles.